The van der Waals surface area contributed by atoms with E-state index in [0.717, 1.165) is 24.8 Å². The van der Waals surface area contributed by atoms with Crippen LogP contribution < -0.4 is 0 Å². The molecule has 1 aliphatic rings. The van der Waals surface area contributed by atoms with Gasteiger partial charge in [0.05, 0.1) is 6.10 Å². The molecule has 0 saturated carbocycles. The Hall–Kier alpha value is -0.560. The van der Waals surface area contributed by atoms with Crippen LogP contribution in [0.15, 0.2) is 23.8 Å². The molecule has 1 nitrogen and oxygen atoms in total. The first-order valence-electron chi connectivity index (χ1n) is 5.87. The molecule has 0 aromatic carbocycles. The van der Waals surface area contributed by atoms with E-state index in [1.165, 1.54) is 6.42 Å². The van der Waals surface area contributed by atoms with Gasteiger partial charge >= 0.3 is 0 Å². The average molecular weight is 207 g/mol. The monoisotopic (exact) mass is 207 g/mol. The van der Waals surface area contributed by atoms with Crippen LogP contribution in [0.25, 0.3) is 0 Å². The third-order valence-corrected chi connectivity index (χ3v) is 2.70. The summed E-state index contributed by atoms with van der Waals surface area (Å²) in [5, 5.41) is 9.94. The lowest BCUT2D eigenvalue weighted by Crippen LogP contribution is -2.12. The van der Waals surface area contributed by atoms with Crippen LogP contribution in [0.4, 0.5) is 0 Å². The van der Waals surface area contributed by atoms with Crippen LogP contribution in [0.2, 0.25) is 0 Å². The van der Waals surface area contributed by atoms with Crippen molar-refractivity contribution in [3.05, 3.63) is 30.2 Å². The molecule has 1 N–H and O–H groups in total. The van der Waals surface area contributed by atoms with Crippen LogP contribution in [0.3, 0.4) is 0 Å². The minimum absolute atomic E-state index is 0.266. The largest absolute Gasteiger partial charge is 0.388 e. The van der Waals surface area contributed by atoms with Crippen molar-refractivity contribution in [2.45, 2.75) is 52.6 Å². The second-order valence-corrected chi connectivity index (χ2v) is 5.50. The van der Waals surface area contributed by atoms with E-state index in [-0.39, 0.29) is 6.10 Å². The van der Waals surface area contributed by atoms with Crippen LogP contribution >= 0.6 is 0 Å². The number of hydrogen-bond acceptors (Lipinski definition) is 1. The van der Waals surface area contributed by atoms with Gasteiger partial charge in [-0.05, 0) is 36.7 Å². The van der Waals surface area contributed by atoms with Crippen molar-refractivity contribution < 1.29 is 5.11 Å². The minimum atomic E-state index is -0.266. The van der Waals surface area contributed by atoms with Crippen molar-refractivity contribution in [1.82, 2.24) is 0 Å². The lowest BCUT2D eigenvalue weighted by molar-refractivity contribution is 0.192. The average Bonchev–Trinajstić information content (AvgIpc) is 2.17. The lowest BCUT2D eigenvalue weighted by atomic mass is 9.88. The van der Waals surface area contributed by atoms with Gasteiger partial charge in [-0.1, -0.05) is 45.4 Å². The summed E-state index contributed by atoms with van der Waals surface area (Å²) in [6.07, 6.45) is 12.1. The van der Waals surface area contributed by atoms with Gasteiger partial charge in [0.2, 0.25) is 0 Å². The first-order valence-corrected chi connectivity index (χ1v) is 5.87. The summed E-state index contributed by atoms with van der Waals surface area (Å²) < 4.78 is 0. The van der Waals surface area contributed by atoms with Gasteiger partial charge in [-0.2, -0.15) is 0 Å². The fourth-order valence-corrected chi connectivity index (χ4v) is 1.77. The fourth-order valence-electron chi connectivity index (χ4n) is 1.77. The molecule has 1 radical (unpaired) electrons. The van der Waals surface area contributed by atoms with Gasteiger partial charge in [0, 0.05) is 0 Å². The Morgan fingerprint density at radius 2 is 2.13 bits per heavy atom. The molecule has 0 amide bonds. The highest BCUT2D eigenvalue weighted by Gasteiger charge is 2.13. The van der Waals surface area contributed by atoms with E-state index in [1.54, 1.807) is 0 Å². The van der Waals surface area contributed by atoms with Crippen molar-refractivity contribution in [2.75, 3.05) is 0 Å². The zero-order chi connectivity index (χ0) is 11.3. The SMILES string of the molecule is CC(C)(C)CCCC(O)C1=CC[CH]C=C1. The van der Waals surface area contributed by atoms with Gasteiger partial charge in [0.15, 0.2) is 0 Å². The van der Waals surface area contributed by atoms with E-state index in [4.69, 9.17) is 0 Å². The minimum Gasteiger partial charge on any atom is -0.388 e. The zero-order valence-electron chi connectivity index (χ0n) is 10.2. The van der Waals surface area contributed by atoms with Crippen LogP contribution in [-0.2, 0) is 0 Å². The Morgan fingerprint density at radius 1 is 1.40 bits per heavy atom. The molecule has 1 unspecified atom stereocenters. The van der Waals surface area contributed by atoms with E-state index in [0.29, 0.717) is 5.41 Å². The molecule has 0 fully saturated rings. The molecule has 0 aromatic rings. The van der Waals surface area contributed by atoms with E-state index in [1.807, 2.05) is 12.2 Å². The number of hydrogen-bond donors (Lipinski definition) is 1. The molecule has 85 valence electrons. The summed E-state index contributed by atoms with van der Waals surface area (Å²) in [5.74, 6) is 0. The summed E-state index contributed by atoms with van der Waals surface area (Å²) in [5.41, 5.74) is 1.47. The van der Waals surface area contributed by atoms with Gasteiger partial charge in [-0.15, -0.1) is 0 Å². The van der Waals surface area contributed by atoms with Gasteiger partial charge in [0.1, 0.15) is 0 Å². The van der Waals surface area contributed by atoms with Crippen molar-refractivity contribution in [3.63, 3.8) is 0 Å². The molecular formula is C14H23O. The van der Waals surface area contributed by atoms with Gasteiger partial charge in [-0.3, -0.25) is 0 Å². The second-order valence-electron chi connectivity index (χ2n) is 5.50. The van der Waals surface area contributed by atoms with Crippen molar-refractivity contribution >= 4 is 0 Å². The Kier molecular flexibility index (Phi) is 4.59. The van der Waals surface area contributed by atoms with Crippen molar-refractivity contribution in [1.29, 1.82) is 0 Å². The van der Waals surface area contributed by atoms with Crippen molar-refractivity contribution in [3.8, 4) is 0 Å². The predicted octanol–water partition coefficient (Wildman–Crippen LogP) is 3.65. The van der Waals surface area contributed by atoms with E-state index in [2.05, 4.69) is 33.3 Å². The van der Waals surface area contributed by atoms with E-state index >= 15 is 0 Å². The van der Waals surface area contributed by atoms with Crippen LogP contribution in [0, 0.1) is 11.8 Å². The van der Waals surface area contributed by atoms with E-state index in [9.17, 15) is 5.11 Å². The molecule has 1 atom stereocenters. The molecule has 0 aliphatic heterocycles. The Balaban J connectivity index is 2.27. The Morgan fingerprint density at radius 3 is 2.67 bits per heavy atom. The van der Waals surface area contributed by atoms with Crippen LogP contribution in [0.1, 0.15) is 46.5 Å². The smallest absolute Gasteiger partial charge is 0.0786 e. The molecule has 0 saturated heterocycles. The number of aliphatic hydroxyl groups excluding tert-OH is 1. The highest BCUT2D eigenvalue weighted by molar-refractivity contribution is 5.29. The van der Waals surface area contributed by atoms with E-state index < -0.39 is 0 Å². The molecule has 1 rings (SSSR count). The zero-order valence-corrected chi connectivity index (χ0v) is 10.2. The summed E-state index contributed by atoms with van der Waals surface area (Å²) in [6.45, 7) is 6.73. The Labute approximate surface area is 93.9 Å². The summed E-state index contributed by atoms with van der Waals surface area (Å²) in [7, 11) is 0. The highest BCUT2D eigenvalue weighted by atomic mass is 16.3. The number of aliphatic hydroxyl groups is 1. The maximum absolute atomic E-state index is 9.94. The lowest BCUT2D eigenvalue weighted by Gasteiger charge is -2.20. The molecule has 1 aliphatic carbocycles. The third kappa shape index (κ3) is 5.17. The maximum Gasteiger partial charge on any atom is 0.0786 e. The molecule has 0 aromatic heterocycles. The summed E-state index contributed by atoms with van der Waals surface area (Å²) >= 11 is 0. The number of allylic oxidation sites excluding steroid dienone is 2. The molecule has 0 heterocycles. The first-order chi connectivity index (χ1) is 6.99. The normalized spacial score (nSPS) is 18.8. The second kappa shape index (κ2) is 5.50. The van der Waals surface area contributed by atoms with Crippen LogP contribution in [-0.4, -0.2) is 11.2 Å². The highest BCUT2D eigenvalue weighted by Crippen LogP contribution is 2.24. The predicted molar refractivity (Wildman–Crippen MR) is 65.5 cm³/mol. The van der Waals surface area contributed by atoms with Gasteiger partial charge in [0.25, 0.3) is 0 Å². The van der Waals surface area contributed by atoms with Crippen LogP contribution in [0.5, 0.6) is 0 Å². The quantitative estimate of drug-likeness (QED) is 0.746. The van der Waals surface area contributed by atoms with Crippen molar-refractivity contribution in [2.24, 2.45) is 5.41 Å². The third-order valence-electron chi connectivity index (χ3n) is 2.70. The molecular weight excluding hydrogens is 184 g/mol. The fraction of sp³-hybridized carbons (Fsp3) is 0.643. The maximum atomic E-state index is 9.94. The molecule has 0 spiro atoms. The molecule has 1 heteroatoms. The molecule has 0 bridgehead atoms. The standard InChI is InChI=1S/C14H23O/c1-14(2,3)11-7-10-13(15)12-8-5-4-6-9-12/h4-5,8-9,13,15H,6-7,10-11H2,1-3H3. The van der Waals surface area contributed by atoms with Gasteiger partial charge < -0.3 is 5.11 Å². The Bertz CT molecular complexity index is 243. The topological polar surface area (TPSA) is 20.2 Å². The molecule has 15 heavy (non-hydrogen) atoms. The van der Waals surface area contributed by atoms with Gasteiger partial charge in [-0.25, -0.2) is 0 Å². The number of rotatable bonds is 4. The summed E-state index contributed by atoms with van der Waals surface area (Å²) in [4.78, 5) is 0. The summed E-state index contributed by atoms with van der Waals surface area (Å²) in [6, 6.07) is 0. The first kappa shape index (κ1) is 12.5.